The molecule has 30 heavy (non-hydrogen) atoms. The number of carbonyl (C=O) groups is 2. The smallest absolute Gasteiger partial charge is 0.382 e. The van der Waals surface area contributed by atoms with Crippen LogP contribution in [-0.4, -0.2) is 76.4 Å². The molecule has 0 aromatic heterocycles. The number of carbonyl (C=O) groups excluding carboxylic acids is 2. The number of methoxy groups -OCH3 is 1. The van der Waals surface area contributed by atoms with E-state index in [2.05, 4.69) is 5.32 Å². The highest BCUT2D eigenvalue weighted by Gasteiger charge is 2.37. The van der Waals surface area contributed by atoms with Crippen molar-refractivity contribution in [3.63, 3.8) is 0 Å². The summed E-state index contributed by atoms with van der Waals surface area (Å²) in [5, 5.41) is 11.5. The molecule has 0 spiro atoms. The number of halogens is 3. The van der Waals surface area contributed by atoms with Crippen LogP contribution in [0.2, 0.25) is 0 Å². The zero-order valence-electron chi connectivity index (χ0n) is 16.7. The lowest BCUT2D eigenvalue weighted by Crippen LogP contribution is -2.60. The van der Waals surface area contributed by atoms with Crippen molar-refractivity contribution in [1.82, 2.24) is 10.2 Å². The summed E-state index contributed by atoms with van der Waals surface area (Å²) in [5.74, 6) is -0.763. The lowest BCUT2D eigenvalue weighted by molar-refractivity contribution is -0.138. The van der Waals surface area contributed by atoms with Gasteiger partial charge in [0.15, 0.2) is 0 Å². The van der Waals surface area contributed by atoms with Crippen LogP contribution >= 0.6 is 0 Å². The van der Waals surface area contributed by atoms with E-state index in [-0.39, 0.29) is 44.4 Å². The van der Waals surface area contributed by atoms with Crippen molar-refractivity contribution in [2.24, 2.45) is 0 Å². The van der Waals surface area contributed by atoms with Crippen LogP contribution in [0.25, 0.3) is 0 Å². The Bertz CT molecular complexity index is 810. The van der Waals surface area contributed by atoms with Gasteiger partial charge in [-0.1, -0.05) is 0 Å². The second-order valence-corrected chi connectivity index (χ2v) is 6.55. The SMILES string of the molecule is CNC(=O)C1CN(C(=O)COCCOC)CCN1c1ccc(C#N)c(C(F)(F)F)c1. The van der Waals surface area contributed by atoms with Gasteiger partial charge in [0.05, 0.1) is 37.0 Å². The topological polar surface area (TPSA) is 94.9 Å². The van der Waals surface area contributed by atoms with E-state index in [1.165, 1.54) is 36.1 Å². The van der Waals surface area contributed by atoms with E-state index in [4.69, 9.17) is 14.7 Å². The van der Waals surface area contributed by atoms with E-state index in [9.17, 15) is 22.8 Å². The molecule has 1 saturated heterocycles. The van der Waals surface area contributed by atoms with E-state index in [1.54, 1.807) is 0 Å². The summed E-state index contributed by atoms with van der Waals surface area (Å²) in [6.45, 7) is 0.744. The molecule has 1 aliphatic heterocycles. The molecule has 1 unspecified atom stereocenters. The predicted molar refractivity (Wildman–Crippen MR) is 101 cm³/mol. The van der Waals surface area contributed by atoms with Crippen LogP contribution in [0.15, 0.2) is 18.2 Å². The average Bonchev–Trinajstić information content (AvgIpc) is 2.74. The second-order valence-electron chi connectivity index (χ2n) is 6.55. The van der Waals surface area contributed by atoms with Crippen molar-refractivity contribution in [2.75, 3.05) is 58.5 Å². The van der Waals surface area contributed by atoms with E-state index in [1.807, 2.05) is 0 Å². The summed E-state index contributed by atoms with van der Waals surface area (Å²) in [5.41, 5.74) is -1.41. The fourth-order valence-electron chi connectivity index (χ4n) is 3.15. The summed E-state index contributed by atoms with van der Waals surface area (Å²) in [6, 6.07) is 3.96. The summed E-state index contributed by atoms with van der Waals surface area (Å²) in [4.78, 5) is 27.7. The van der Waals surface area contributed by atoms with Gasteiger partial charge in [-0.3, -0.25) is 9.59 Å². The molecule has 1 N–H and O–H groups in total. The molecule has 1 aliphatic rings. The van der Waals surface area contributed by atoms with Gasteiger partial charge < -0.3 is 24.6 Å². The van der Waals surface area contributed by atoms with E-state index in [0.29, 0.717) is 6.61 Å². The van der Waals surface area contributed by atoms with Crippen LogP contribution in [-0.2, 0) is 25.2 Å². The van der Waals surface area contributed by atoms with E-state index in [0.717, 1.165) is 12.1 Å². The van der Waals surface area contributed by atoms with Crippen molar-refractivity contribution in [3.8, 4) is 6.07 Å². The Morgan fingerprint density at radius 3 is 2.63 bits per heavy atom. The molecular formula is C19H23F3N4O4. The van der Waals surface area contributed by atoms with Gasteiger partial charge in [0.2, 0.25) is 11.8 Å². The highest BCUT2D eigenvalue weighted by Crippen LogP contribution is 2.35. The van der Waals surface area contributed by atoms with Crippen LogP contribution in [0.1, 0.15) is 11.1 Å². The summed E-state index contributed by atoms with van der Waals surface area (Å²) < 4.78 is 50.0. The minimum absolute atomic E-state index is 0.00645. The molecule has 0 radical (unpaired) electrons. The fraction of sp³-hybridized carbons (Fsp3) is 0.526. The Balaban J connectivity index is 2.22. The van der Waals surface area contributed by atoms with Crippen molar-refractivity contribution in [3.05, 3.63) is 29.3 Å². The number of rotatable bonds is 7. The van der Waals surface area contributed by atoms with Crippen LogP contribution < -0.4 is 10.2 Å². The molecule has 1 heterocycles. The third kappa shape index (κ3) is 5.61. The Hall–Kier alpha value is -2.84. The number of amides is 2. The Labute approximate surface area is 172 Å². The first-order valence-corrected chi connectivity index (χ1v) is 9.17. The van der Waals surface area contributed by atoms with Crippen molar-refractivity contribution in [2.45, 2.75) is 12.2 Å². The van der Waals surface area contributed by atoms with Crippen LogP contribution in [0, 0.1) is 11.3 Å². The molecule has 2 amide bonds. The number of hydrogen-bond acceptors (Lipinski definition) is 6. The fourth-order valence-corrected chi connectivity index (χ4v) is 3.15. The highest BCUT2D eigenvalue weighted by molar-refractivity contribution is 5.87. The highest BCUT2D eigenvalue weighted by atomic mass is 19.4. The van der Waals surface area contributed by atoms with Crippen LogP contribution in [0.3, 0.4) is 0 Å². The molecule has 0 bridgehead atoms. The van der Waals surface area contributed by atoms with Gasteiger partial charge in [-0.2, -0.15) is 18.4 Å². The average molecular weight is 428 g/mol. The van der Waals surface area contributed by atoms with Gasteiger partial charge in [-0.05, 0) is 18.2 Å². The van der Waals surface area contributed by atoms with Gasteiger partial charge in [-0.15, -0.1) is 0 Å². The molecule has 1 aromatic rings. The predicted octanol–water partition coefficient (Wildman–Crippen LogP) is 1.00. The molecule has 1 atom stereocenters. The Morgan fingerprint density at radius 2 is 2.03 bits per heavy atom. The Morgan fingerprint density at radius 1 is 1.30 bits per heavy atom. The third-order valence-electron chi connectivity index (χ3n) is 4.70. The molecular weight excluding hydrogens is 405 g/mol. The number of anilines is 1. The monoisotopic (exact) mass is 428 g/mol. The number of piperazine rings is 1. The summed E-state index contributed by atoms with van der Waals surface area (Å²) in [6.07, 6.45) is -4.71. The lowest BCUT2D eigenvalue weighted by Gasteiger charge is -2.41. The first kappa shape index (κ1) is 23.4. The quantitative estimate of drug-likeness (QED) is 0.652. The van der Waals surface area contributed by atoms with Gasteiger partial charge in [0.25, 0.3) is 0 Å². The number of nitrogens with zero attached hydrogens (tertiary/aromatic N) is 3. The first-order chi connectivity index (χ1) is 14.2. The standard InChI is InChI=1S/C19H23F3N4O4/c1-24-18(28)16-11-25(17(27)12-30-8-7-29-2)5-6-26(16)14-4-3-13(10-23)15(9-14)19(20,21)22/h3-4,9,16H,5-8,11-12H2,1-2H3,(H,24,28). The number of ether oxygens (including phenoxy) is 2. The van der Waals surface area contributed by atoms with Crippen LogP contribution in [0.4, 0.5) is 18.9 Å². The number of likely N-dealkylation sites (N-methyl/N-ethyl adjacent to an activating group) is 1. The van der Waals surface area contributed by atoms with Gasteiger partial charge >= 0.3 is 6.18 Å². The van der Waals surface area contributed by atoms with Crippen molar-refractivity contribution >= 4 is 17.5 Å². The maximum absolute atomic E-state index is 13.3. The molecule has 8 nitrogen and oxygen atoms in total. The maximum atomic E-state index is 13.3. The molecule has 11 heteroatoms. The zero-order chi connectivity index (χ0) is 22.3. The van der Waals surface area contributed by atoms with E-state index >= 15 is 0 Å². The molecule has 2 rings (SSSR count). The maximum Gasteiger partial charge on any atom is 0.417 e. The first-order valence-electron chi connectivity index (χ1n) is 9.17. The van der Waals surface area contributed by atoms with E-state index < -0.39 is 29.3 Å². The van der Waals surface area contributed by atoms with Gasteiger partial charge in [0, 0.05) is 32.9 Å². The minimum atomic E-state index is -4.71. The molecule has 1 fully saturated rings. The Kier molecular flexibility index (Phi) is 8.02. The summed E-state index contributed by atoms with van der Waals surface area (Å²) in [7, 11) is 2.92. The van der Waals surface area contributed by atoms with Gasteiger partial charge in [-0.25, -0.2) is 0 Å². The minimum Gasteiger partial charge on any atom is -0.382 e. The normalized spacial score (nSPS) is 16.9. The molecule has 164 valence electrons. The second kappa shape index (κ2) is 10.3. The molecule has 1 aromatic carbocycles. The molecule has 0 saturated carbocycles. The van der Waals surface area contributed by atoms with Crippen LogP contribution in [0.5, 0.6) is 0 Å². The third-order valence-corrected chi connectivity index (χ3v) is 4.70. The largest absolute Gasteiger partial charge is 0.417 e. The zero-order valence-corrected chi connectivity index (χ0v) is 16.7. The number of benzene rings is 1. The van der Waals surface area contributed by atoms with Gasteiger partial charge in [0.1, 0.15) is 12.6 Å². The summed E-state index contributed by atoms with van der Waals surface area (Å²) >= 11 is 0. The number of nitrogens with one attached hydrogen (secondary N) is 1. The number of hydrogen-bond donors (Lipinski definition) is 1. The van der Waals surface area contributed by atoms with Crippen molar-refractivity contribution < 1.29 is 32.2 Å². The van der Waals surface area contributed by atoms with Crippen molar-refractivity contribution in [1.29, 1.82) is 5.26 Å². The number of alkyl halides is 3. The number of nitriles is 1. The lowest BCUT2D eigenvalue weighted by atomic mass is 10.0. The molecule has 0 aliphatic carbocycles.